The van der Waals surface area contributed by atoms with Gasteiger partial charge in [0.05, 0.1) is 14.2 Å². The van der Waals surface area contributed by atoms with Gasteiger partial charge in [-0.05, 0) is 0 Å². The van der Waals surface area contributed by atoms with Gasteiger partial charge < -0.3 is 9.90 Å². The van der Waals surface area contributed by atoms with Crippen LogP contribution in [-0.4, -0.2) is 32.8 Å². The molecule has 0 aromatic rings. The van der Waals surface area contributed by atoms with E-state index in [2.05, 4.69) is 52.7 Å². The fourth-order valence-electron chi connectivity index (χ4n) is 3.23. The molecule has 0 heterocycles. The Morgan fingerprint density at radius 1 is 0.960 bits per heavy atom. The molecule has 1 N–H and O–H groups in total. The Hall–Kier alpha value is -0.456. The molecule has 0 aliphatic carbocycles. The van der Waals surface area contributed by atoms with E-state index in [1.54, 1.807) is 0 Å². The molecule has 1 unspecified atom stereocenters. The summed E-state index contributed by atoms with van der Waals surface area (Å²) >= 11 is 0. The lowest BCUT2D eigenvalue weighted by molar-refractivity contribution is -0.110. The molecule has 0 rings (SSSR count). The summed E-state index contributed by atoms with van der Waals surface area (Å²) in [7, 11) is -3.47. The SMILES string of the molecule is C=C(C(=O)[Si](CCCC)(CCCC)CCCC)C(O)C=C[Si](C)(C)C. The van der Waals surface area contributed by atoms with E-state index in [0.717, 1.165) is 56.7 Å². The Balaban J connectivity index is 5.45. The third-order valence-corrected chi connectivity index (χ3v) is 11.3. The van der Waals surface area contributed by atoms with Crippen molar-refractivity contribution in [2.24, 2.45) is 0 Å². The molecule has 0 spiro atoms. The first-order valence-electron chi connectivity index (χ1n) is 10.2. The van der Waals surface area contributed by atoms with E-state index in [-0.39, 0.29) is 5.41 Å². The molecule has 146 valence electrons. The Labute approximate surface area is 158 Å². The van der Waals surface area contributed by atoms with Gasteiger partial charge in [-0.15, -0.1) is 0 Å². The smallest absolute Gasteiger partial charge is 0.139 e. The number of aliphatic hydroxyl groups excluding tert-OH is 1. The quantitative estimate of drug-likeness (QED) is 0.283. The van der Waals surface area contributed by atoms with Crippen molar-refractivity contribution in [2.45, 2.75) is 103 Å². The summed E-state index contributed by atoms with van der Waals surface area (Å²) < 4.78 is 0. The lowest BCUT2D eigenvalue weighted by atomic mass is 10.2. The standard InChI is InChI=1S/C21H42O2Si2/c1-8-11-15-25(16-12-9-2,17-13-10-3)21(23)19(4)20(22)14-18-24(5,6)7/h14,18,20,22H,4,8-13,15-17H2,1-3,5-7H3. The van der Waals surface area contributed by atoms with Gasteiger partial charge in [-0.1, -0.05) is 115 Å². The molecule has 0 aliphatic heterocycles. The maximum absolute atomic E-state index is 13.4. The molecule has 0 fully saturated rings. The molecule has 4 heteroatoms. The van der Waals surface area contributed by atoms with Crippen molar-refractivity contribution in [3.05, 3.63) is 23.9 Å². The lowest BCUT2D eigenvalue weighted by Gasteiger charge is -2.32. The Kier molecular flexibility index (Phi) is 11.8. The van der Waals surface area contributed by atoms with Crippen molar-refractivity contribution in [1.82, 2.24) is 0 Å². The van der Waals surface area contributed by atoms with Gasteiger partial charge in [0.1, 0.15) is 13.5 Å². The van der Waals surface area contributed by atoms with E-state index in [9.17, 15) is 9.90 Å². The van der Waals surface area contributed by atoms with Crippen LogP contribution in [0, 0.1) is 0 Å². The minimum absolute atomic E-state index is 0.246. The second kappa shape index (κ2) is 12.0. The van der Waals surface area contributed by atoms with Crippen LogP contribution in [-0.2, 0) is 4.79 Å². The largest absolute Gasteiger partial charge is 0.384 e. The molecule has 1 atom stereocenters. The number of unbranched alkanes of at least 4 members (excludes halogenated alkanes) is 3. The normalized spacial score (nSPS) is 14.0. The molecule has 0 radical (unpaired) electrons. The maximum atomic E-state index is 13.4. The first-order chi connectivity index (χ1) is 11.6. The number of carbonyl (C=O) groups is 1. The molecule has 0 saturated carbocycles. The average Bonchev–Trinajstić information content (AvgIpc) is 2.57. The zero-order valence-electron chi connectivity index (χ0n) is 17.7. The van der Waals surface area contributed by atoms with Crippen molar-refractivity contribution in [3.8, 4) is 0 Å². The van der Waals surface area contributed by atoms with E-state index >= 15 is 0 Å². The highest BCUT2D eigenvalue weighted by atomic mass is 28.3. The fraction of sp³-hybridized carbons (Fsp3) is 0.762. The monoisotopic (exact) mass is 382 g/mol. The number of aliphatic hydroxyl groups is 1. The number of carbonyl (C=O) groups excluding carboxylic acids is 1. The zero-order chi connectivity index (χ0) is 19.5. The number of hydrogen-bond donors (Lipinski definition) is 1. The fourth-order valence-corrected chi connectivity index (χ4v) is 9.34. The maximum Gasteiger partial charge on any atom is 0.139 e. The summed E-state index contributed by atoms with van der Waals surface area (Å²) in [5, 5.41) is 10.8. The van der Waals surface area contributed by atoms with Crippen molar-refractivity contribution in [1.29, 1.82) is 0 Å². The van der Waals surface area contributed by atoms with Gasteiger partial charge in [-0.3, -0.25) is 0 Å². The van der Waals surface area contributed by atoms with Crippen LogP contribution in [0.4, 0.5) is 0 Å². The molecule has 2 nitrogen and oxygen atoms in total. The van der Waals surface area contributed by atoms with Crippen LogP contribution in [0.3, 0.4) is 0 Å². The topological polar surface area (TPSA) is 37.3 Å². The van der Waals surface area contributed by atoms with Gasteiger partial charge in [0, 0.05) is 5.57 Å². The molecular weight excluding hydrogens is 340 g/mol. The molecule has 0 aromatic heterocycles. The van der Waals surface area contributed by atoms with Crippen LogP contribution in [0.1, 0.15) is 59.3 Å². The van der Waals surface area contributed by atoms with E-state index in [1.165, 1.54) is 0 Å². The average molecular weight is 383 g/mol. The molecule has 0 aromatic carbocycles. The van der Waals surface area contributed by atoms with Gasteiger partial charge >= 0.3 is 0 Å². The predicted molar refractivity (Wildman–Crippen MR) is 118 cm³/mol. The highest BCUT2D eigenvalue weighted by molar-refractivity contribution is 7.08. The van der Waals surface area contributed by atoms with E-state index in [1.807, 2.05) is 6.08 Å². The molecule has 0 saturated heterocycles. The highest BCUT2D eigenvalue weighted by Crippen LogP contribution is 2.32. The Morgan fingerprint density at radius 2 is 1.36 bits per heavy atom. The van der Waals surface area contributed by atoms with Gasteiger partial charge in [-0.25, -0.2) is 0 Å². The number of hydrogen-bond acceptors (Lipinski definition) is 2. The molecule has 0 aliphatic rings. The van der Waals surface area contributed by atoms with Crippen molar-refractivity contribution in [3.63, 3.8) is 0 Å². The third-order valence-electron chi connectivity index (χ3n) is 4.94. The van der Waals surface area contributed by atoms with Crippen LogP contribution < -0.4 is 0 Å². The summed E-state index contributed by atoms with van der Waals surface area (Å²) in [6.45, 7) is 17.3. The van der Waals surface area contributed by atoms with Crippen LogP contribution in [0.2, 0.25) is 37.8 Å². The Morgan fingerprint density at radius 3 is 1.68 bits per heavy atom. The molecular formula is C21H42O2Si2. The van der Waals surface area contributed by atoms with Gasteiger partial charge in [0.2, 0.25) is 0 Å². The van der Waals surface area contributed by atoms with Crippen LogP contribution in [0.5, 0.6) is 0 Å². The van der Waals surface area contributed by atoms with Gasteiger partial charge in [0.25, 0.3) is 0 Å². The summed E-state index contributed by atoms with van der Waals surface area (Å²) in [6.07, 6.45) is 7.76. The van der Waals surface area contributed by atoms with Crippen LogP contribution >= 0.6 is 0 Å². The first kappa shape index (κ1) is 24.5. The minimum Gasteiger partial charge on any atom is -0.384 e. The summed E-state index contributed by atoms with van der Waals surface area (Å²) in [5.74, 6) is 0. The van der Waals surface area contributed by atoms with Gasteiger partial charge in [-0.2, -0.15) is 0 Å². The zero-order valence-corrected chi connectivity index (χ0v) is 19.7. The number of rotatable bonds is 14. The first-order valence-corrected chi connectivity index (χ1v) is 16.4. The van der Waals surface area contributed by atoms with Crippen molar-refractivity contribution in [2.75, 3.05) is 0 Å². The summed E-state index contributed by atoms with van der Waals surface area (Å²) in [4.78, 5) is 13.4. The van der Waals surface area contributed by atoms with E-state index in [4.69, 9.17) is 0 Å². The predicted octanol–water partition coefficient (Wildman–Crippen LogP) is 6.29. The molecule has 0 amide bonds. The van der Waals surface area contributed by atoms with Gasteiger partial charge in [0.15, 0.2) is 0 Å². The second-order valence-corrected chi connectivity index (χ2v) is 18.2. The second-order valence-electron chi connectivity index (χ2n) is 8.62. The highest BCUT2D eigenvalue weighted by Gasteiger charge is 2.41. The summed E-state index contributed by atoms with van der Waals surface area (Å²) in [5.41, 5.74) is 2.56. The van der Waals surface area contributed by atoms with Crippen LogP contribution in [0.15, 0.2) is 23.9 Å². The molecule has 0 bridgehead atoms. The summed E-state index contributed by atoms with van der Waals surface area (Å²) in [6, 6.07) is 3.18. The Bertz CT molecular complexity index is 414. The molecule has 25 heavy (non-hydrogen) atoms. The van der Waals surface area contributed by atoms with Crippen molar-refractivity contribution < 1.29 is 9.90 Å². The van der Waals surface area contributed by atoms with E-state index < -0.39 is 22.3 Å². The lowest BCUT2D eigenvalue weighted by Crippen LogP contribution is -2.46. The third kappa shape index (κ3) is 9.16. The van der Waals surface area contributed by atoms with Crippen LogP contribution in [0.25, 0.3) is 0 Å². The van der Waals surface area contributed by atoms with Crippen molar-refractivity contribution >= 4 is 21.6 Å². The minimum atomic E-state index is -2.08. The van der Waals surface area contributed by atoms with E-state index in [0.29, 0.717) is 5.57 Å².